The Hall–Kier alpha value is -3.02. The Morgan fingerprint density at radius 2 is 1.02 bits per heavy atom. The van der Waals surface area contributed by atoms with Gasteiger partial charge in [0, 0.05) is 32.4 Å². The summed E-state index contributed by atoms with van der Waals surface area (Å²) in [4.78, 5) is 4.69. The molecule has 4 N–H and O–H groups in total. The molecule has 0 unspecified atom stereocenters. The van der Waals surface area contributed by atoms with Gasteiger partial charge in [0.2, 0.25) is 0 Å². The van der Waals surface area contributed by atoms with Crippen LogP contribution in [-0.2, 0) is 22.3 Å². The lowest BCUT2D eigenvalue weighted by atomic mass is 9.74. The third-order valence-corrected chi connectivity index (χ3v) is 15.3. The Morgan fingerprint density at radius 1 is 0.562 bits per heavy atom. The SMILES string of the molecule is CC[C@H]1O[C@@H](c2ccc(C)c(Cc3ccc(-c4ccc(F)cc4)s3)c2)[C@H](C)[C@@H](C)[C@@H]1C.Cc1ccc([C@@H]2O[C@H](CO)[C@@H](O)[C@H](O)[C@H]2O)cc1Cc1ccc(-c2ccc(F)cc2)s1.SI. The van der Waals surface area contributed by atoms with Gasteiger partial charge in [0.1, 0.15) is 42.2 Å². The molecule has 6 aromatic rings. The quantitative estimate of drug-likeness (QED) is 0.0693. The molecule has 0 saturated carbocycles. The van der Waals surface area contributed by atoms with E-state index in [9.17, 15) is 29.2 Å². The van der Waals surface area contributed by atoms with Crippen molar-refractivity contribution in [2.24, 2.45) is 17.8 Å². The molecule has 8 rings (SSSR count). The molecule has 0 aliphatic carbocycles. The number of thiophene rings is 2. The van der Waals surface area contributed by atoms with E-state index in [4.69, 9.17) is 9.47 Å². The largest absolute Gasteiger partial charge is 0.394 e. The molecule has 6 nitrogen and oxygen atoms in total. The van der Waals surface area contributed by atoms with E-state index in [1.807, 2.05) is 70.6 Å². The van der Waals surface area contributed by atoms with Gasteiger partial charge in [0.25, 0.3) is 0 Å². The number of aliphatic hydroxyl groups excluding tert-OH is 4. The minimum Gasteiger partial charge on any atom is -0.394 e. The highest BCUT2D eigenvalue weighted by atomic mass is 127. The van der Waals surface area contributed by atoms with Crippen molar-refractivity contribution in [2.75, 3.05) is 6.61 Å². The summed E-state index contributed by atoms with van der Waals surface area (Å²) in [7, 11) is 3.50. The zero-order valence-corrected chi connectivity index (χ0v) is 41.7. The lowest BCUT2D eigenvalue weighted by Gasteiger charge is -2.44. The minimum absolute atomic E-state index is 0.161. The minimum atomic E-state index is -1.41. The van der Waals surface area contributed by atoms with Crippen molar-refractivity contribution in [2.45, 2.75) is 104 Å². The molecule has 2 aromatic heterocycles. The number of aliphatic hydroxyl groups is 4. The van der Waals surface area contributed by atoms with Crippen molar-refractivity contribution in [3.8, 4) is 20.9 Å². The van der Waals surface area contributed by atoms with Gasteiger partial charge in [-0.15, -0.1) is 32.5 Å². The smallest absolute Gasteiger partial charge is 0.123 e. The highest BCUT2D eigenvalue weighted by molar-refractivity contribution is 14.2. The van der Waals surface area contributed by atoms with Crippen molar-refractivity contribution in [1.29, 1.82) is 0 Å². The molecule has 2 fully saturated rings. The van der Waals surface area contributed by atoms with E-state index >= 15 is 0 Å². The highest BCUT2D eigenvalue weighted by Gasteiger charge is 2.44. The van der Waals surface area contributed by atoms with E-state index in [0.29, 0.717) is 35.8 Å². The number of thiol groups is 1. The lowest BCUT2D eigenvalue weighted by molar-refractivity contribution is -0.231. The second-order valence-corrected chi connectivity index (χ2v) is 19.4. The molecule has 2 aliphatic heterocycles. The number of halogens is 3. The van der Waals surface area contributed by atoms with E-state index in [1.165, 1.54) is 50.7 Å². The van der Waals surface area contributed by atoms with Crippen LogP contribution in [0.4, 0.5) is 8.78 Å². The Kier molecular flexibility index (Phi) is 18.2. The van der Waals surface area contributed by atoms with Gasteiger partial charge in [-0.25, -0.2) is 8.78 Å². The third kappa shape index (κ3) is 11.9. The summed E-state index contributed by atoms with van der Waals surface area (Å²) >= 11 is 5.27. The van der Waals surface area contributed by atoms with Crippen LogP contribution in [0.15, 0.2) is 109 Å². The van der Waals surface area contributed by atoms with Crippen LogP contribution in [0.5, 0.6) is 0 Å². The summed E-state index contributed by atoms with van der Waals surface area (Å²) in [5.41, 5.74) is 8.81. The first-order chi connectivity index (χ1) is 30.7. The zero-order valence-electron chi connectivity index (χ0n) is 37.0. The summed E-state index contributed by atoms with van der Waals surface area (Å²) in [5, 5.41) is 40.0. The monoisotopic (exact) mass is 1040 g/mol. The van der Waals surface area contributed by atoms with Gasteiger partial charge in [-0.05, 0) is 152 Å². The maximum atomic E-state index is 13.2. The van der Waals surface area contributed by atoms with E-state index in [0.717, 1.165) is 44.8 Å². The summed E-state index contributed by atoms with van der Waals surface area (Å²) in [6, 6.07) is 34.1. The van der Waals surface area contributed by atoms with Crippen LogP contribution in [-0.4, -0.2) is 57.6 Å². The van der Waals surface area contributed by atoms with Gasteiger partial charge in [0.15, 0.2) is 0 Å². The number of hydrogen-bond acceptors (Lipinski definition) is 9. The number of benzene rings is 4. The van der Waals surface area contributed by atoms with Crippen LogP contribution in [0.3, 0.4) is 0 Å². The molecular formula is C52H59F2IO6S3. The van der Waals surface area contributed by atoms with E-state index in [2.05, 4.69) is 74.8 Å². The maximum Gasteiger partial charge on any atom is 0.123 e. The topological polar surface area (TPSA) is 99.4 Å². The van der Waals surface area contributed by atoms with Crippen LogP contribution in [0, 0.1) is 43.2 Å². The predicted molar refractivity (Wildman–Crippen MR) is 269 cm³/mol. The molecule has 12 heteroatoms. The number of hydrogen-bond donors (Lipinski definition) is 5. The summed E-state index contributed by atoms with van der Waals surface area (Å²) in [5.74, 6) is 1.28. The first kappa shape index (κ1) is 50.4. The first-order valence-corrected chi connectivity index (χ1v) is 26.6. The molecule has 64 heavy (non-hydrogen) atoms. The Bertz CT molecular complexity index is 2230. The normalized spacial score (nSPS) is 25.5. The molecule has 4 aromatic carbocycles. The molecule has 0 spiro atoms. The van der Waals surface area contributed by atoms with E-state index < -0.39 is 37.1 Å². The molecule has 0 amide bonds. The molecule has 10 atom stereocenters. The molecule has 4 heterocycles. The van der Waals surface area contributed by atoms with Crippen LogP contribution < -0.4 is 0 Å². The van der Waals surface area contributed by atoms with Crippen molar-refractivity contribution in [1.82, 2.24) is 0 Å². The van der Waals surface area contributed by atoms with Crippen LogP contribution in [0.25, 0.3) is 20.9 Å². The average Bonchev–Trinajstić information content (AvgIpc) is 3.98. The van der Waals surface area contributed by atoms with Gasteiger partial charge < -0.3 is 29.9 Å². The molecule has 2 aliphatic rings. The predicted octanol–water partition coefficient (Wildman–Crippen LogP) is 12.4. The van der Waals surface area contributed by atoms with Crippen LogP contribution in [0.1, 0.15) is 89.5 Å². The highest BCUT2D eigenvalue weighted by Crippen LogP contribution is 2.44. The fourth-order valence-electron chi connectivity index (χ4n) is 8.73. The molecule has 342 valence electrons. The van der Waals surface area contributed by atoms with Crippen molar-refractivity contribution in [3.63, 3.8) is 0 Å². The lowest BCUT2D eigenvalue weighted by Crippen LogP contribution is -2.55. The fraction of sp³-hybridized carbons (Fsp3) is 0.385. The summed E-state index contributed by atoms with van der Waals surface area (Å²) in [6.07, 6.45) is -2.75. The number of aryl methyl sites for hydroxylation is 2. The summed E-state index contributed by atoms with van der Waals surface area (Å²) < 4.78 is 38.7. The number of ether oxygens (including phenoxy) is 2. The second-order valence-electron chi connectivity index (χ2n) is 17.1. The summed E-state index contributed by atoms with van der Waals surface area (Å²) in [6.45, 7) is 13.0. The van der Waals surface area contributed by atoms with Crippen molar-refractivity contribution in [3.05, 3.63) is 164 Å². The second kappa shape index (κ2) is 23.1. The van der Waals surface area contributed by atoms with Crippen molar-refractivity contribution >= 4 is 53.7 Å². The van der Waals surface area contributed by atoms with E-state index in [1.54, 1.807) is 34.8 Å². The van der Waals surface area contributed by atoms with Gasteiger partial charge in [0.05, 0.1) is 18.8 Å². The van der Waals surface area contributed by atoms with E-state index in [-0.39, 0.29) is 17.7 Å². The van der Waals surface area contributed by atoms with Gasteiger partial charge in [-0.2, -0.15) is 0 Å². The van der Waals surface area contributed by atoms with Gasteiger partial charge in [-0.3, -0.25) is 0 Å². The Balaban J connectivity index is 0.000000205. The Morgan fingerprint density at radius 3 is 1.47 bits per heavy atom. The maximum absolute atomic E-state index is 13.2. The van der Waals surface area contributed by atoms with Gasteiger partial charge in [-0.1, -0.05) is 88.4 Å². The zero-order chi connectivity index (χ0) is 46.2. The average molecular weight is 1040 g/mol. The van der Waals surface area contributed by atoms with Gasteiger partial charge >= 0.3 is 0 Å². The number of rotatable bonds is 10. The third-order valence-electron chi connectivity index (χ3n) is 13.1. The Labute approximate surface area is 402 Å². The van der Waals surface area contributed by atoms with Crippen LogP contribution >= 0.6 is 53.7 Å². The first-order valence-electron chi connectivity index (χ1n) is 21.8. The molecule has 0 radical (unpaired) electrons. The molecule has 0 bridgehead atoms. The van der Waals surface area contributed by atoms with Crippen LogP contribution in [0.2, 0.25) is 0 Å². The standard InChI is InChI=1S/C28H33FOS.C24H25FO5S.HIS/c1-6-26-19(4)18(3)20(5)28(30-26)22-8-7-17(2)23(15-22)16-25-13-14-27(31-25)21-9-11-24(29)12-10-21;1-13-2-3-15(24-23(29)22(28)21(27)19(12-26)30-24)10-16(13)11-18-8-9-20(31-18)14-4-6-17(25)7-5-14;1-2/h7-15,18-20,26,28H,6,16H2,1-5H3;2-10,19,21-24,26-29H,11-12H2,1H3;2H/t18-,19-,20+,26+,28+;19-,21-,22+,23-,24+;/m01./s1. The molecular weight excluding hydrogens is 982 g/mol. The van der Waals surface area contributed by atoms with Crippen molar-refractivity contribution < 1.29 is 38.7 Å². The fourth-order valence-corrected chi connectivity index (χ4v) is 10.8. The molecule has 2 saturated heterocycles.